The lowest BCUT2D eigenvalue weighted by atomic mass is 9.94. The predicted molar refractivity (Wildman–Crippen MR) is 72.4 cm³/mol. The van der Waals surface area contributed by atoms with Crippen LogP contribution < -0.4 is 0 Å². The van der Waals surface area contributed by atoms with Crippen LogP contribution in [0.15, 0.2) is 24.3 Å². The Hall–Kier alpha value is -0.730. The molecule has 1 rings (SSSR count). The van der Waals surface area contributed by atoms with E-state index < -0.39 is 5.41 Å². The minimum Gasteiger partial charge on any atom is -0.341 e. The number of nitrogens with zero attached hydrogens (tertiary/aromatic N) is 1. The van der Waals surface area contributed by atoms with Crippen LogP contribution >= 0.6 is 23.2 Å². The lowest BCUT2D eigenvalue weighted by molar-refractivity contribution is -0.138. The van der Waals surface area contributed by atoms with Crippen molar-refractivity contribution in [3.05, 3.63) is 34.9 Å². The highest BCUT2D eigenvalue weighted by molar-refractivity contribution is 6.30. The summed E-state index contributed by atoms with van der Waals surface area (Å²) >= 11 is 11.6. The molecule has 0 heterocycles. The lowest BCUT2D eigenvalue weighted by Gasteiger charge is -2.27. The number of alkyl halides is 1. The van der Waals surface area contributed by atoms with Gasteiger partial charge >= 0.3 is 0 Å². The van der Waals surface area contributed by atoms with Crippen molar-refractivity contribution in [3.63, 3.8) is 0 Å². The zero-order valence-corrected chi connectivity index (χ0v) is 11.8. The molecular formula is C13H17Cl2NO. The minimum atomic E-state index is -0.525. The van der Waals surface area contributed by atoms with Crippen LogP contribution in [-0.4, -0.2) is 23.7 Å². The highest BCUT2D eigenvalue weighted by Crippen LogP contribution is 2.21. The number of amides is 1. The molecule has 0 radical (unpaired) electrons. The molecule has 0 saturated heterocycles. The van der Waals surface area contributed by atoms with E-state index in [-0.39, 0.29) is 5.91 Å². The summed E-state index contributed by atoms with van der Waals surface area (Å²) in [5.41, 5.74) is 0.526. The summed E-state index contributed by atoms with van der Waals surface area (Å²) in [5, 5.41) is 0.698. The molecular weight excluding hydrogens is 257 g/mol. The normalized spacial score (nSPS) is 11.4. The fourth-order valence-corrected chi connectivity index (χ4v) is 1.75. The fraction of sp³-hybridized carbons (Fsp3) is 0.462. The Labute approximate surface area is 113 Å². The molecule has 0 unspecified atom stereocenters. The Bertz CT molecular complexity index is 387. The summed E-state index contributed by atoms with van der Waals surface area (Å²) < 4.78 is 0. The van der Waals surface area contributed by atoms with Crippen LogP contribution in [0.3, 0.4) is 0 Å². The minimum absolute atomic E-state index is 0.0439. The monoisotopic (exact) mass is 273 g/mol. The zero-order chi connectivity index (χ0) is 13.1. The molecule has 1 aromatic carbocycles. The number of benzene rings is 1. The maximum atomic E-state index is 12.1. The van der Waals surface area contributed by atoms with Gasteiger partial charge in [-0.25, -0.2) is 0 Å². The van der Waals surface area contributed by atoms with Crippen LogP contribution in [0.5, 0.6) is 0 Å². The van der Waals surface area contributed by atoms with Crippen LogP contribution in [0.4, 0.5) is 0 Å². The molecule has 0 fully saturated rings. The molecule has 0 spiro atoms. The van der Waals surface area contributed by atoms with Crippen molar-refractivity contribution in [1.82, 2.24) is 4.90 Å². The second-order valence-electron chi connectivity index (χ2n) is 4.81. The number of carbonyl (C=O) groups is 1. The number of halogens is 2. The van der Waals surface area contributed by atoms with E-state index in [0.717, 1.165) is 5.56 Å². The predicted octanol–water partition coefficient (Wildman–Crippen LogP) is 3.56. The van der Waals surface area contributed by atoms with Gasteiger partial charge in [0.2, 0.25) is 5.91 Å². The SMILES string of the molecule is CN(Cc1ccc(Cl)cc1)C(=O)C(C)(C)CCl. The maximum absolute atomic E-state index is 12.1. The smallest absolute Gasteiger partial charge is 0.229 e. The van der Waals surface area contributed by atoms with E-state index in [1.54, 1.807) is 11.9 Å². The van der Waals surface area contributed by atoms with Gasteiger partial charge in [-0.3, -0.25) is 4.79 Å². The van der Waals surface area contributed by atoms with Gasteiger partial charge < -0.3 is 4.90 Å². The Morgan fingerprint density at radius 2 is 1.82 bits per heavy atom. The Kier molecular flexibility index (Phi) is 4.84. The molecule has 0 aliphatic rings. The Morgan fingerprint density at radius 3 is 2.29 bits per heavy atom. The summed E-state index contributed by atoms with van der Waals surface area (Å²) in [7, 11) is 1.78. The first-order valence-electron chi connectivity index (χ1n) is 5.43. The molecule has 1 aromatic rings. The highest BCUT2D eigenvalue weighted by Gasteiger charge is 2.29. The van der Waals surface area contributed by atoms with Crippen molar-refractivity contribution >= 4 is 29.1 Å². The standard InChI is InChI=1S/C13H17Cl2NO/c1-13(2,9-14)12(17)16(3)8-10-4-6-11(15)7-5-10/h4-7H,8-9H2,1-3H3. The van der Waals surface area contributed by atoms with E-state index in [9.17, 15) is 4.79 Å². The van der Waals surface area contributed by atoms with E-state index in [1.165, 1.54) is 0 Å². The third kappa shape index (κ3) is 3.90. The first kappa shape index (κ1) is 14.3. The lowest BCUT2D eigenvalue weighted by Crippen LogP contribution is -2.39. The molecule has 0 bridgehead atoms. The second kappa shape index (κ2) is 5.74. The molecule has 94 valence electrons. The third-order valence-corrected chi connectivity index (χ3v) is 3.51. The van der Waals surface area contributed by atoms with Gasteiger partial charge in [0.1, 0.15) is 0 Å². The van der Waals surface area contributed by atoms with Crippen LogP contribution in [-0.2, 0) is 11.3 Å². The summed E-state index contributed by atoms with van der Waals surface area (Å²) in [5.74, 6) is 0.360. The van der Waals surface area contributed by atoms with Crippen LogP contribution in [0.1, 0.15) is 19.4 Å². The number of hydrogen-bond donors (Lipinski definition) is 0. The topological polar surface area (TPSA) is 20.3 Å². The highest BCUT2D eigenvalue weighted by atomic mass is 35.5. The summed E-state index contributed by atoms with van der Waals surface area (Å²) in [4.78, 5) is 13.8. The largest absolute Gasteiger partial charge is 0.341 e. The average molecular weight is 274 g/mol. The molecule has 0 N–H and O–H groups in total. The van der Waals surface area contributed by atoms with Gasteiger partial charge in [0.15, 0.2) is 0 Å². The molecule has 0 aliphatic carbocycles. The van der Waals surface area contributed by atoms with Gasteiger partial charge in [0.25, 0.3) is 0 Å². The summed E-state index contributed by atoms with van der Waals surface area (Å²) in [6.07, 6.45) is 0. The first-order chi connectivity index (χ1) is 7.86. The quantitative estimate of drug-likeness (QED) is 0.769. The number of rotatable bonds is 4. The van der Waals surface area contributed by atoms with E-state index in [1.807, 2.05) is 38.1 Å². The molecule has 0 aromatic heterocycles. The van der Waals surface area contributed by atoms with Gasteiger partial charge in [-0.15, -0.1) is 11.6 Å². The molecule has 4 heteroatoms. The molecule has 0 saturated carbocycles. The zero-order valence-electron chi connectivity index (χ0n) is 10.3. The first-order valence-corrected chi connectivity index (χ1v) is 6.34. The van der Waals surface area contributed by atoms with Crippen LogP contribution in [0.25, 0.3) is 0 Å². The number of hydrogen-bond acceptors (Lipinski definition) is 1. The van der Waals surface area contributed by atoms with Crippen LogP contribution in [0.2, 0.25) is 5.02 Å². The molecule has 0 aliphatic heterocycles. The van der Waals surface area contributed by atoms with Crippen molar-refractivity contribution in [2.24, 2.45) is 5.41 Å². The third-order valence-electron chi connectivity index (χ3n) is 2.59. The van der Waals surface area contributed by atoms with E-state index in [0.29, 0.717) is 17.4 Å². The van der Waals surface area contributed by atoms with Gasteiger partial charge in [-0.05, 0) is 31.5 Å². The average Bonchev–Trinajstić information content (AvgIpc) is 2.31. The number of carbonyl (C=O) groups excluding carboxylic acids is 1. The van der Waals surface area contributed by atoms with E-state index >= 15 is 0 Å². The van der Waals surface area contributed by atoms with E-state index in [2.05, 4.69) is 0 Å². The Morgan fingerprint density at radius 1 is 1.29 bits per heavy atom. The Balaban J connectivity index is 2.69. The van der Waals surface area contributed by atoms with Crippen LogP contribution in [0, 0.1) is 5.41 Å². The molecule has 0 atom stereocenters. The van der Waals surface area contributed by atoms with Crippen molar-refractivity contribution in [2.45, 2.75) is 20.4 Å². The molecule has 1 amide bonds. The van der Waals surface area contributed by atoms with Gasteiger partial charge in [0.05, 0.1) is 5.41 Å². The summed E-state index contributed by atoms with van der Waals surface area (Å²) in [6.45, 7) is 4.26. The molecule has 2 nitrogen and oxygen atoms in total. The molecule has 17 heavy (non-hydrogen) atoms. The fourth-order valence-electron chi connectivity index (χ4n) is 1.51. The second-order valence-corrected chi connectivity index (χ2v) is 5.51. The van der Waals surface area contributed by atoms with Crippen molar-refractivity contribution in [2.75, 3.05) is 12.9 Å². The van der Waals surface area contributed by atoms with E-state index in [4.69, 9.17) is 23.2 Å². The maximum Gasteiger partial charge on any atom is 0.229 e. The van der Waals surface area contributed by atoms with Crippen molar-refractivity contribution < 1.29 is 4.79 Å². The van der Waals surface area contributed by atoms with Gasteiger partial charge in [0, 0.05) is 24.5 Å². The summed E-state index contributed by atoms with van der Waals surface area (Å²) in [6, 6.07) is 7.48. The van der Waals surface area contributed by atoms with Gasteiger partial charge in [-0.2, -0.15) is 0 Å². The van der Waals surface area contributed by atoms with Gasteiger partial charge in [-0.1, -0.05) is 23.7 Å². The van der Waals surface area contributed by atoms with Crippen molar-refractivity contribution in [1.29, 1.82) is 0 Å². The van der Waals surface area contributed by atoms with Crippen molar-refractivity contribution in [3.8, 4) is 0 Å².